The number of halogens is 1. The Labute approximate surface area is 200 Å². The van der Waals surface area contributed by atoms with Crippen molar-refractivity contribution in [3.63, 3.8) is 0 Å². The summed E-state index contributed by atoms with van der Waals surface area (Å²) >= 11 is 6.25. The van der Waals surface area contributed by atoms with Crippen LogP contribution in [0.4, 0.5) is 5.69 Å². The average Bonchev–Trinajstić information content (AvgIpc) is 2.79. The lowest BCUT2D eigenvalue weighted by atomic mass is 9.99. The van der Waals surface area contributed by atoms with Crippen molar-refractivity contribution >= 4 is 33.2 Å². The Balaban J connectivity index is 1.72. The van der Waals surface area contributed by atoms with Crippen LogP contribution < -0.4 is 14.8 Å². The summed E-state index contributed by atoms with van der Waals surface area (Å²) in [5.41, 5.74) is 2.53. The second-order valence-corrected chi connectivity index (χ2v) is 10.1. The minimum absolute atomic E-state index is 0.0962. The summed E-state index contributed by atoms with van der Waals surface area (Å²) in [6.45, 7) is 5.72. The third-order valence-corrected chi connectivity index (χ3v) is 8.09. The zero-order chi connectivity index (χ0) is 24.2. The Morgan fingerprint density at radius 3 is 2.33 bits per heavy atom. The number of fused-ring (bicyclic) bond motifs is 1. The van der Waals surface area contributed by atoms with E-state index in [9.17, 15) is 13.2 Å². The predicted octanol–water partition coefficient (Wildman–Crippen LogP) is 3.38. The number of sulfonamides is 1. The fourth-order valence-electron chi connectivity index (χ4n) is 3.94. The summed E-state index contributed by atoms with van der Waals surface area (Å²) in [6.07, 6.45) is 0.779. The molecule has 0 aromatic heterocycles. The number of anilines is 1. The van der Waals surface area contributed by atoms with Gasteiger partial charge in [-0.3, -0.25) is 9.69 Å². The molecule has 0 fully saturated rings. The highest BCUT2D eigenvalue weighted by atomic mass is 35.5. The summed E-state index contributed by atoms with van der Waals surface area (Å²) < 4.78 is 37.8. The topological polar surface area (TPSA) is 88.2 Å². The van der Waals surface area contributed by atoms with Gasteiger partial charge in [-0.2, -0.15) is 4.31 Å². The number of benzene rings is 2. The van der Waals surface area contributed by atoms with Gasteiger partial charge in [0.2, 0.25) is 15.9 Å². The van der Waals surface area contributed by atoms with Crippen LogP contribution in [0.1, 0.15) is 25.0 Å². The number of methoxy groups -OCH3 is 2. The van der Waals surface area contributed by atoms with Gasteiger partial charge in [-0.15, -0.1) is 0 Å². The van der Waals surface area contributed by atoms with Crippen LogP contribution in [0, 0.1) is 0 Å². The lowest BCUT2D eigenvalue weighted by molar-refractivity contribution is -0.117. The molecule has 0 saturated carbocycles. The van der Waals surface area contributed by atoms with Gasteiger partial charge in [-0.05, 0) is 47.9 Å². The monoisotopic (exact) mass is 495 g/mol. The first-order chi connectivity index (χ1) is 15.7. The zero-order valence-corrected chi connectivity index (χ0v) is 20.9. The van der Waals surface area contributed by atoms with E-state index in [1.807, 2.05) is 17.0 Å². The number of carbonyl (C=O) groups is 1. The van der Waals surface area contributed by atoms with Crippen LogP contribution in [0.25, 0.3) is 0 Å². The molecule has 3 rings (SSSR count). The fraction of sp³-hybridized carbons (Fsp3) is 0.435. The SMILES string of the molecule is CCN(CC)S(=O)(=O)c1ccc(Cl)c(NC(=O)CN2CCc3cc(OC)c(OC)cc3C2)c1. The quantitative estimate of drug-likeness (QED) is 0.573. The molecule has 2 aromatic rings. The predicted molar refractivity (Wildman–Crippen MR) is 129 cm³/mol. The van der Waals surface area contributed by atoms with Gasteiger partial charge in [0.15, 0.2) is 11.5 Å². The number of rotatable bonds is 9. The lowest BCUT2D eigenvalue weighted by Crippen LogP contribution is -2.37. The molecule has 1 N–H and O–H groups in total. The highest BCUT2D eigenvalue weighted by Crippen LogP contribution is 2.33. The number of hydrogen-bond donors (Lipinski definition) is 1. The average molecular weight is 496 g/mol. The molecular formula is C23H30ClN3O5S. The van der Waals surface area contributed by atoms with Crippen molar-refractivity contribution in [2.24, 2.45) is 0 Å². The van der Waals surface area contributed by atoms with Gasteiger partial charge in [-0.25, -0.2) is 8.42 Å². The number of amides is 1. The smallest absolute Gasteiger partial charge is 0.243 e. The summed E-state index contributed by atoms with van der Waals surface area (Å²) in [6, 6.07) is 8.28. The first kappa shape index (κ1) is 25.3. The minimum atomic E-state index is -3.66. The molecule has 1 aliphatic heterocycles. The van der Waals surface area contributed by atoms with Crippen molar-refractivity contribution in [1.82, 2.24) is 9.21 Å². The van der Waals surface area contributed by atoms with E-state index in [1.165, 1.54) is 28.1 Å². The molecule has 1 amide bonds. The Hall–Kier alpha value is -2.33. The van der Waals surface area contributed by atoms with Crippen molar-refractivity contribution in [2.75, 3.05) is 45.7 Å². The normalized spacial score (nSPS) is 14.1. The molecule has 0 atom stereocenters. The van der Waals surface area contributed by atoms with Crippen LogP contribution >= 0.6 is 11.6 Å². The van der Waals surface area contributed by atoms with E-state index in [-0.39, 0.29) is 28.1 Å². The lowest BCUT2D eigenvalue weighted by Gasteiger charge is -2.29. The van der Waals surface area contributed by atoms with E-state index in [4.69, 9.17) is 21.1 Å². The molecule has 180 valence electrons. The van der Waals surface area contributed by atoms with Gasteiger partial charge in [0.1, 0.15) is 0 Å². The van der Waals surface area contributed by atoms with E-state index in [0.717, 1.165) is 12.0 Å². The molecule has 33 heavy (non-hydrogen) atoms. The summed E-state index contributed by atoms with van der Waals surface area (Å²) in [4.78, 5) is 14.9. The first-order valence-corrected chi connectivity index (χ1v) is 12.6. The van der Waals surface area contributed by atoms with Crippen LogP contribution in [-0.2, 0) is 27.8 Å². The summed E-state index contributed by atoms with van der Waals surface area (Å²) in [5.74, 6) is 1.08. The highest BCUT2D eigenvalue weighted by molar-refractivity contribution is 7.89. The molecule has 2 aromatic carbocycles. The summed E-state index contributed by atoms with van der Waals surface area (Å²) in [5, 5.41) is 3.05. The van der Waals surface area contributed by atoms with E-state index < -0.39 is 10.0 Å². The molecule has 1 heterocycles. The third kappa shape index (κ3) is 5.60. The Morgan fingerprint density at radius 1 is 1.09 bits per heavy atom. The Morgan fingerprint density at radius 2 is 1.73 bits per heavy atom. The van der Waals surface area contributed by atoms with Crippen molar-refractivity contribution in [2.45, 2.75) is 31.7 Å². The fourth-order valence-corrected chi connectivity index (χ4v) is 5.59. The van der Waals surface area contributed by atoms with Crippen molar-refractivity contribution in [3.8, 4) is 11.5 Å². The second kappa shape index (κ2) is 10.7. The van der Waals surface area contributed by atoms with Crippen molar-refractivity contribution in [1.29, 1.82) is 0 Å². The maximum atomic E-state index is 12.8. The maximum Gasteiger partial charge on any atom is 0.243 e. The van der Waals surface area contributed by atoms with Crippen LogP contribution in [0.5, 0.6) is 11.5 Å². The van der Waals surface area contributed by atoms with Crippen LogP contribution in [0.2, 0.25) is 5.02 Å². The molecule has 1 aliphatic rings. The number of nitrogens with zero attached hydrogens (tertiary/aromatic N) is 2. The van der Waals surface area contributed by atoms with E-state index in [0.29, 0.717) is 37.7 Å². The molecule has 10 heteroatoms. The number of nitrogens with one attached hydrogen (secondary N) is 1. The second-order valence-electron chi connectivity index (χ2n) is 7.72. The third-order valence-electron chi connectivity index (χ3n) is 5.72. The largest absolute Gasteiger partial charge is 0.493 e. The van der Waals surface area contributed by atoms with Crippen molar-refractivity contribution in [3.05, 3.63) is 46.5 Å². The summed E-state index contributed by atoms with van der Waals surface area (Å²) in [7, 11) is -0.456. The van der Waals surface area contributed by atoms with Gasteiger partial charge >= 0.3 is 0 Å². The van der Waals surface area contributed by atoms with Crippen LogP contribution in [0.3, 0.4) is 0 Å². The molecule has 0 radical (unpaired) electrons. The van der Waals surface area contributed by atoms with Gasteiger partial charge in [0.25, 0.3) is 0 Å². The first-order valence-electron chi connectivity index (χ1n) is 10.8. The van der Waals surface area contributed by atoms with Gasteiger partial charge in [0.05, 0.1) is 36.4 Å². The van der Waals surface area contributed by atoms with E-state index in [1.54, 1.807) is 28.1 Å². The Bertz CT molecular complexity index is 1120. The standard InChI is InChI=1S/C23H30ClN3O5S/c1-5-27(6-2)33(29,30)18-7-8-19(24)20(13-18)25-23(28)15-26-10-9-16-11-21(31-3)22(32-4)12-17(16)14-26/h7-8,11-13H,5-6,9-10,14-15H2,1-4H3,(H,25,28). The van der Waals surface area contributed by atoms with Crippen molar-refractivity contribution < 1.29 is 22.7 Å². The van der Waals surface area contributed by atoms with E-state index >= 15 is 0 Å². The van der Waals surface area contributed by atoms with Gasteiger partial charge < -0.3 is 14.8 Å². The molecule has 0 bridgehead atoms. The minimum Gasteiger partial charge on any atom is -0.493 e. The van der Waals surface area contributed by atoms with Crippen LogP contribution in [0.15, 0.2) is 35.2 Å². The van der Waals surface area contributed by atoms with Crippen LogP contribution in [-0.4, -0.2) is 63.9 Å². The molecule has 0 unspecified atom stereocenters. The zero-order valence-electron chi connectivity index (χ0n) is 19.4. The molecular weight excluding hydrogens is 466 g/mol. The molecule has 0 spiro atoms. The molecule has 0 aliphatic carbocycles. The number of ether oxygens (including phenoxy) is 2. The van der Waals surface area contributed by atoms with Gasteiger partial charge in [0, 0.05) is 26.2 Å². The van der Waals surface area contributed by atoms with Gasteiger partial charge in [-0.1, -0.05) is 25.4 Å². The Kier molecular flexibility index (Phi) is 8.23. The highest BCUT2D eigenvalue weighted by Gasteiger charge is 2.24. The van der Waals surface area contributed by atoms with E-state index in [2.05, 4.69) is 5.32 Å². The number of carbonyl (C=O) groups excluding carboxylic acids is 1. The maximum absolute atomic E-state index is 12.8. The molecule has 8 nitrogen and oxygen atoms in total. The molecule has 0 saturated heterocycles. The number of hydrogen-bond acceptors (Lipinski definition) is 6.